The van der Waals surface area contributed by atoms with Gasteiger partial charge in [0.25, 0.3) is 5.91 Å². The fraction of sp³-hybridized carbons (Fsp3) is 0.619. The molecule has 0 unspecified atom stereocenters. The van der Waals surface area contributed by atoms with Gasteiger partial charge >= 0.3 is 12.6 Å². The molecule has 0 radical (unpaired) electrons. The van der Waals surface area contributed by atoms with Crippen LogP contribution in [0, 0.1) is 17.8 Å². The van der Waals surface area contributed by atoms with Crippen LogP contribution in [0.5, 0.6) is 5.75 Å². The Balaban J connectivity index is 1.33. The van der Waals surface area contributed by atoms with Crippen LogP contribution in [-0.4, -0.2) is 30.1 Å². The molecule has 4 aliphatic carbocycles. The van der Waals surface area contributed by atoms with E-state index in [0.717, 1.165) is 19.3 Å². The van der Waals surface area contributed by atoms with Gasteiger partial charge in [-0.25, -0.2) is 4.79 Å². The predicted molar refractivity (Wildman–Crippen MR) is 97.0 cm³/mol. The molecule has 0 aliphatic heterocycles. The van der Waals surface area contributed by atoms with Crippen LogP contribution in [0.25, 0.3) is 0 Å². The average Bonchev–Trinajstić information content (AvgIpc) is 2.60. The quantitative estimate of drug-likeness (QED) is 0.744. The van der Waals surface area contributed by atoms with Gasteiger partial charge < -0.3 is 14.8 Å². The van der Waals surface area contributed by atoms with E-state index < -0.39 is 18.7 Å². The molecular weight excluding hydrogens is 368 g/mol. The number of ether oxygens (including phenoxy) is 2. The summed E-state index contributed by atoms with van der Waals surface area (Å²) < 4.78 is 33.9. The van der Waals surface area contributed by atoms with Crippen LogP contribution < -0.4 is 10.1 Å². The second-order valence-electron chi connectivity index (χ2n) is 8.64. The van der Waals surface area contributed by atoms with Crippen molar-refractivity contribution in [1.29, 1.82) is 0 Å². The molecule has 0 spiro atoms. The van der Waals surface area contributed by atoms with E-state index in [1.54, 1.807) is 6.92 Å². The van der Waals surface area contributed by atoms with Gasteiger partial charge in [-0.05, 0) is 87.5 Å². The van der Waals surface area contributed by atoms with E-state index in [1.165, 1.54) is 43.5 Å². The molecule has 152 valence electrons. The maximum absolute atomic E-state index is 12.7. The summed E-state index contributed by atoms with van der Waals surface area (Å²) in [7, 11) is 0. The van der Waals surface area contributed by atoms with Crippen molar-refractivity contribution in [2.45, 2.75) is 63.7 Å². The summed E-state index contributed by atoms with van der Waals surface area (Å²) in [4.78, 5) is 24.9. The second kappa shape index (κ2) is 7.33. The van der Waals surface area contributed by atoms with Gasteiger partial charge in [0.05, 0.1) is 5.56 Å². The van der Waals surface area contributed by atoms with E-state index in [0.29, 0.717) is 17.8 Å². The van der Waals surface area contributed by atoms with Crippen molar-refractivity contribution in [3.05, 3.63) is 29.8 Å². The number of carbonyl (C=O) groups excluding carboxylic acids is 2. The molecule has 28 heavy (non-hydrogen) atoms. The van der Waals surface area contributed by atoms with Crippen LogP contribution in [0.15, 0.2) is 24.3 Å². The van der Waals surface area contributed by atoms with Crippen molar-refractivity contribution in [3.8, 4) is 5.75 Å². The monoisotopic (exact) mass is 393 g/mol. The molecule has 0 heterocycles. The van der Waals surface area contributed by atoms with Crippen LogP contribution >= 0.6 is 0 Å². The van der Waals surface area contributed by atoms with Gasteiger partial charge in [-0.1, -0.05) is 0 Å². The second-order valence-corrected chi connectivity index (χ2v) is 8.64. The molecule has 1 aromatic rings. The fourth-order valence-corrected chi connectivity index (χ4v) is 5.68. The van der Waals surface area contributed by atoms with E-state index in [9.17, 15) is 18.4 Å². The third kappa shape index (κ3) is 3.98. The third-order valence-corrected chi connectivity index (χ3v) is 6.39. The smallest absolute Gasteiger partial charge is 0.387 e. The van der Waals surface area contributed by atoms with Gasteiger partial charge in [0.15, 0.2) is 6.10 Å². The number of hydrogen-bond acceptors (Lipinski definition) is 4. The lowest BCUT2D eigenvalue weighted by atomic mass is 9.53. The zero-order chi connectivity index (χ0) is 19.9. The largest absolute Gasteiger partial charge is 0.449 e. The molecule has 4 fully saturated rings. The lowest BCUT2D eigenvalue weighted by Crippen LogP contribution is -2.61. The number of carbonyl (C=O) groups is 2. The van der Waals surface area contributed by atoms with Crippen molar-refractivity contribution in [2.75, 3.05) is 0 Å². The van der Waals surface area contributed by atoms with Crippen LogP contribution in [0.4, 0.5) is 8.78 Å². The summed E-state index contributed by atoms with van der Waals surface area (Å²) in [5, 5.41) is 3.19. The highest BCUT2D eigenvalue weighted by Gasteiger charge is 2.51. The Bertz CT molecular complexity index is 714. The highest BCUT2D eigenvalue weighted by Crippen LogP contribution is 2.55. The number of esters is 1. The Morgan fingerprint density at radius 3 is 2.07 bits per heavy atom. The minimum Gasteiger partial charge on any atom is -0.449 e. The number of alkyl halides is 2. The van der Waals surface area contributed by atoms with Crippen LogP contribution in [-0.2, 0) is 9.53 Å². The van der Waals surface area contributed by atoms with Crippen LogP contribution in [0.2, 0.25) is 0 Å². The van der Waals surface area contributed by atoms with E-state index in [4.69, 9.17) is 4.74 Å². The first-order chi connectivity index (χ1) is 13.3. The highest BCUT2D eigenvalue weighted by atomic mass is 19.3. The Morgan fingerprint density at radius 1 is 1.04 bits per heavy atom. The minimum atomic E-state index is -2.92. The van der Waals surface area contributed by atoms with E-state index in [1.807, 2.05) is 0 Å². The summed E-state index contributed by atoms with van der Waals surface area (Å²) in [5.74, 6) is 1.14. The minimum absolute atomic E-state index is 0.0424. The molecule has 7 heteroatoms. The maximum Gasteiger partial charge on any atom is 0.387 e. The molecule has 1 amide bonds. The van der Waals surface area contributed by atoms with Gasteiger partial charge in [0.1, 0.15) is 5.75 Å². The fourth-order valence-electron chi connectivity index (χ4n) is 5.68. The average molecular weight is 393 g/mol. The third-order valence-electron chi connectivity index (χ3n) is 6.39. The summed E-state index contributed by atoms with van der Waals surface area (Å²) in [6, 6.07) is 5.21. The van der Waals surface area contributed by atoms with Gasteiger partial charge in [-0.2, -0.15) is 8.78 Å². The zero-order valence-electron chi connectivity index (χ0n) is 15.8. The Hall–Kier alpha value is -2.18. The van der Waals surface area contributed by atoms with Crippen molar-refractivity contribution in [2.24, 2.45) is 17.8 Å². The molecule has 0 aromatic heterocycles. The molecule has 5 nitrogen and oxygen atoms in total. The normalized spacial score (nSPS) is 31.5. The van der Waals surface area contributed by atoms with Crippen molar-refractivity contribution >= 4 is 11.9 Å². The van der Waals surface area contributed by atoms with Gasteiger partial charge in [0.2, 0.25) is 0 Å². The molecule has 0 saturated heterocycles. The first-order valence-electron chi connectivity index (χ1n) is 9.90. The van der Waals surface area contributed by atoms with Crippen LogP contribution in [0.1, 0.15) is 55.8 Å². The van der Waals surface area contributed by atoms with Gasteiger partial charge in [-0.3, -0.25) is 4.79 Å². The van der Waals surface area contributed by atoms with Crippen molar-refractivity contribution in [3.63, 3.8) is 0 Å². The molecule has 5 rings (SSSR count). The molecule has 1 aromatic carbocycles. The van der Waals surface area contributed by atoms with Gasteiger partial charge in [-0.15, -0.1) is 0 Å². The highest BCUT2D eigenvalue weighted by molar-refractivity contribution is 5.92. The van der Waals surface area contributed by atoms with Crippen molar-refractivity contribution < 1.29 is 27.8 Å². The number of rotatable bonds is 6. The van der Waals surface area contributed by atoms with Gasteiger partial charge in [0, 0.05) is 5.54 Å². The molecule has 1 atom stereocenters. The van der Waals surface area contributed by atoms with Crippen molar-refractivity contribution in [1.82, 2.24) is 5.32 Å². The summed E-state index contributed by atoms with van der Waals surface area (Å²) in [5.41, 5.74) is 0.0388. The number of amides is 1. The lowest BCUT2D eigenvalue weighted by Gasteiger charge is -2.57. The molecule has 4 aliphatic rings. The number of hydrogen-bond donors (Lipinski definition) is 1. The molecular formula is C21H25F2NO4. The Morgan fingerprint density at radius 2 is 1.57 bits per heavy atom. The zero-order valence-corrected chi connectivity index (χ0v) is 15.8. The molecule has 1 N–H and O–H groups in total. The van der Waals surface area contributed by atoms with E-state index in [-0.39, 0.29) is 22.8 Å². The topological polar surface area (TPSA) is 64.6 Å². The van der Waals surface area contributed by atoms with E-state index >= 15 is 0 Å². The maximum atomic E-state index is 12.7. The number of halogens is 2. The first kappa shape index (κ1) is 19.2. The Kier molecular flexibility index (Phi) is 5.02. The summed E-state index contributed by atoms with van der Waals surface area (Å²) >= 11 is 0. The predicted octanol–water partition coefficient (Wildman–Crippen LogP) is 3.92. The number of nitrogens with one attached hydrogen (secondary N) is 1. The number of benzene rings is 1. The van der Waals surface area contributed by atoms with E-state index in [2.05, 4.69) is 10.1 Å². The Labute approximate surface area is 162 Å². The lowest BCUT2D eigenvalue weighted by molar-refractivity contribution is -0.134. The standard InChI is InChI=1S/C21H25F2NO4/c1-12(27-19(26)16-2-4-17(5-3-16)28-20(22)23)18(25)24-21-9-13-6-14(10-21)8-15(7-13)11-21/h2-5,12-15,20H,6-11H2,1H3,(H,24,25)/t12-,13?,14?,15?,21?/m1/s1. The summed E-state index contributed by atoms with van der Waals surface area (Å²) in [6.07, 6.45) is 6.00. The molecule has 4 bridgehead atoms. The summed E-state index contributed by atoms with van der Waals surface area (Å²) in [6.45, 7) is -1.37. The molecule has 4 saturated carbocycles. The SMILES string of the molecule is C[C@@H](OC(=O)c1ccc(OC(F)F)cc1)C(=O)NC12CC3CC(CC(C3)C1)C2. The first-order valence-corrected chi connectivity index (χ1v) is 9.90. The van der Waals surface area contributed by atoms with Crippen LogP contribution in [0.3, 0.4) is 0 Å².